The van der Waals surface area contributed by atoms with Crippen LogP contribution in [0.4, 0.5) is 10.1 Å². The van der Waals surface area contributed by atoms with Crippen molar-refractivity contribution >= 4 is 21.6 Å². The highest BCUT2D eigenvalue weighted by molar-refractivity contribution is 7.89. The number of hydrogen-bond donors (Lipinski definition) is 1. The molecular weight excluding hydrogens is 469 g/mol. The molecule has 184 valence electrons. The predicted molar refractivity (Wildman–Crippen MR) is 133 cm³/mol. The van der Waals surface area contributed by atoms with E-state index >= 15 is 0 Å². The fraction of sp³-hybridized carbons (Fsp3) is 0.269. The highest BCUT2D eigenvalue weighted by Crippen LogP contribution is 2.26. The first-order valence-electron chi connectivity index (χ1n) is 11.4. The summed E-state index contributed by atoms with van der Waals surface area (Å²) in [4.78, 5) is 16.6. The van der Waals surface area contributed by atoms with Crippen LogP contribution in [0.15, 0.2) is 77.7 Å². The molecular formula is C26H28FN3O4S. The van der Waals surface area contributed by atoms with Crippen LogP contribution in [-0.4, -0.2) is 59.1 Å². The molecule has 0 atom stereocenters. The maximum absolute atomic E-state index is 14.1. The van der Waals surface area contributed by atoms with Gasteiger partial charge < -0.3 is 14.5 Å². The predicted octanol–water partition coefficient (Wildman–Crippen LogP) is 3.32. The third-order valence-corrected chi connectivity index (χ3v) is 7.49. The molecule has 0 aromatic heterocycles. The van der Waals surface area contributed by atoms with Crippen LogP contribution in [0.2, 0.25) is 0 Å². The van der Waals surface area contributed by atoms with Crippen LogP contribution in [-0.2, 0) is 16.4 Å². The Balaban J connectivity index is 1.45. The van der Waals surface area contributed by atoms with E-state index in [0.29, 0.717) is 38.3 Å². The van der Waals surface area contributed by atoms with Crippen molar-refractivity contribution in [1.82, 2.24) is 9.62 Å². The monoisotopic (exact) mass is 497 g/mol. The number of amides is 1. The summed E-state index contributed by atoms with van der Waals surface area (Å²) >= 11 is 0. The molecule has 3 aromatic carbocycles. The van der Waals surface area contributed by atoms with E-state index < -0.39 is 10.0 Å². The Morgan fingerprint density at radius 2 is 1.66 bits per heavy atom. The van der Waals surface area contributed by atoms with Gasteiger partial charge in [0.05, 0.1) is 12.8 Å². The Hall–Kier alpha value is -3.43. The van der Waals surface area contributed by atoms with Gasteiger partial charge in [-0.25, -0.2) is 17.5 Å². The Morgan fingerprint density at radius 1 is 0.971 bits per heavy atom. The summed E-state index contributed by atoms with van der Waals surface area (Å²) in [7, 11) is -2.51. The number of hydrogen-bond acceptors (Lipinski definition) is 5. The van der Waals surface area contributed by atoms with Crippen LogP contribution in [0.25, 0.3) is 0 Å². The van der Waals surface area contributed by atoms with Crippen LogP contribution in [0.1, 0.15) is 15.9 Å². The van der Waals surface area contributed by atoms with Gasteiger partial charge in [0, 0.05) is 38.3 Å². The number of piperazine rings is 1. The van der Waals surface area contributed by atoms with E-state index in [1.807, 2.05) is 35.2 Å². The zero-order chi connectivity index (χ0) is 24.8. The number of rotatable bonds is 8. The molecule has 4 rings (SSSR count). The minimum atomic E-state index is -3.91. The lowest BCUT2D eigenvalue weighted by atomic mass is 10.1. The number of carbonyl (C=O) groups is 1. The zero-order valence-corrected chi connectivity index (χ0v) is 20.3. The summed E-state index contributed by atoms with van der Waals surface area (Å²) in [6.07, 6.45) is 0.535. The lowest BCUT2D eigenvalue weighted by Gasteiger charge is -2.36. The summed E-state index contributed by atoms with van der Waals surface area (Å²) in [5.74, 6) is -0.406. The molecule has 0 spiro atoms. The second-order valence-corrected chi connectivity index (χ2v) is 9.97. The number of nitrogens with zero attached hydrogens (tertiary/aromatic N) is 2. The van der Waals surface area contributed by atoms with Gasteiger partial charge in [0.2, 0.25) is 10.0 Å². The van der Waals surface area contributed by atoms with Crippen molar-refractivity contribution in [3.05, 3.63) is 89.7 Å². The minimum absolute atomic E-state index is 0.0797. The molecule has 0 saturated carbocycles. The van der Waals surface area contributed by atoms with Crippen molar-refractivity contribution in [2.75, 3.05) is 44.7 Å². The third-order valence-electron chi connectivity index (χ3n) is 6.01. The van der Waals surface area contributed by atoms with Gasteiger partial charge in [-0.05, 0) is 42.3 Å². The maximum Gasteiger partial charge on any atom is 0.254 e. The Kier molecular flexibility index (Phi) is 7.67. The average molecular weight is 498 g/mol. The molecule has 1 fully saturated rings. The van der Waals surface area contributed by atoms with Crippen LogP contribution < -0.4 is 14.4 Å². The van der Waals surface area contributed by atoms with Gasteiger partial charge in [-0.2, -0.15) is 0 Å². The van der Waals surface area contributed by atoms with Gasteiger partial charge in [0.1, 0.15) is 16.5 Å². The summed E-state index contributed by atoms with van der Waals surface area (Å²) < 4.78 is 48.0. The Morgan fingerprint density at radius 3 is 2.34 bits per heavy atom. The van der Waals surface area contributed by atoms with Crippen LogP contribution >= 0.6 is 0 Å². The zero-order valence-electron chi connectivity index (χ0n) is 19.5. The van der Waals surface area contributed by atoms with Gasteiger partial charge in [-0.1, -0.05) is 42.5 Å². The molecule has 9 heteroatoms. The van der Waals surface area contributed by atoms with Crippen molar-refractivity contribution in [2.24, 2.45) is 0 Å². The van der Waals surface area contributed by atoms with Gasteiger partial charge in [0.25, 0.3) is 5.91 Å². The van der Waals surface area contributed by atoms with Crippen molar-refractivity contribution in [2.45, 2.75) is 11.3 Å². The summed E-state index contributed by atoms with van der Waals surface area (Å²) in [5, 5.41) is 0. The fourth-order valence-electron chi connectivity index (χ4n) is 4.11. The smallest absolute Gasteiger partial charge is 0.254 e. The first-order chi connectivity index (χ1) is 16.9. The summed E-state index contributed by atoms with van der Waals surface area (Å²) in [5.41, 5.74) is 1.79. The number of ether oxygens (including phenoxy) is 1. The molecule has 0 radical (unpaired) electrons. The number of para-hydroxylation sites is 1. The largest absolute Gasteiger partial charge is 0.495 e. The lowest BCUT2D eigenvalue weighted by Crippen LogP contribution is -2.49. The molecule has 1 heterocycles. The molecule has 7 nitrogen and oxygen atoms in total. The van der Waals surface area contributed by atoms with Gasteiger partial charge in [-0.3, -0.25) is 4.79 Å². The second kappa shape index (κ2) is 10.9. The lowest BCUT2D eigenvalue weighted by molar-refractivity contribution is 0.0746. The molecule has 1 amide bonds. The number of halogens is 1. The van der Waals surface area contributed by atoms with E-state index in [4.69, 9.17) is 4.74 Å². The number of anilines is 1. The number of nitrogens with one attached hydrogen (secondary N) is 1. The van der Waals surface area contributed by atoms with Crippen LogP contribution in [0.3, 0.4) is 0 Å². The van der Waals surface area contributed by atoms with E-state index in [1.54, 1.807) is 29.2 Å². The number of methoxy groups -OCH3 is 1. The van der Waals surface area contributed by atoms with Gasteiger partial charge in [0.15, 0.2) is 0 Å². The van der Waals surface area contributed by atoms with E-state index in [1.165, 1.54) is 25.3 Å². The third kappa shape index (κ3) is 5.80. The van der Waals surface area contributed by atoms with Gasteiger partial charge >= 0.3 is 0 Å². The highest BCUT2D eigenvalue weighted by atomic mass is 32.2. The van der Waals surface area contributed by atoms with Crippen molar-refractivity contribution in [3.8, 4) is 5.75 Å². The quantitative estimate of drug-likeness (QED) is 0.517. The Labute approximate surface area is 205 Å². The average Bonchev–Trinajstić information content (AvgIpc) is 2.89. The normalized spacial score (nSPS) is 14.1. The molecule has 1 N–H and O–H groups in total. The van der Waals surface area contributed by atoms with E-state index in [0.717, 1.165) is 5.56 Å². The number of sulfonamides is 1. The Bertz CT molecular complexity index is 1280. The molecule has 1 aliphatic rings. The first kappa shape index (κ1) is 24.7. The topological polar surface area (TPSA) is 79.0 Å². The highest BCUT2D eigenvalue weighted by Gasteiger charge is 2.26. The van der Waals surface area contributed by atoms with Crippen LogP contribution in [0.5, 0.6) is 5.75 Å². The summed E-state index contributed by atoms with van der Waals surface area (Å²) in [6.45, 7) is 1.98. The van der Waals surface area contributed by atoms with E-state index in [-0.39, 0.29) is 34.5 Å². The molecule has 1 aliphatic heterocycles. The molecule has 3 aromatic rings. The first-order valence-corrected chi connectivity index (χ1v) is 12.9. The molecule has 0 bridgehead atoms. The second-order valence-electron chi connectivity index (χ2n) is 8.23. The SMILES string of the molecule is COc1ccc(C(=O)N2CCN(c3ccccc3F)CC2)cc1S(=O)(=O)NCCc1ccccc1. The van der Waals surface area contributed by atoms with Crippen molar-refractivity contribution in [3.63, 3.8) is 0 Å². The maximum atomic E-state index is 14.1. The van der Waals surface area contributed by atoms with E-state index in [9.17, 15) is 17.6 Å². The minimum Gasteiger partial charge on any atom is -0.495 e. The van der Waals surface area contributed by atoms with Crippen LogP contribution in [0, 0.1) is 5.82 Å². The van der Waals surface area contributed by atoms with Crippen molar-refractivity contribution in [1.29, 1.82) is 0 Å². The molecule has 0 unspecified atom stereocenters. The van der Waals surface area contributed by atoms with E-state index in [2.05, 4.69) is 4.72 Å². The summed E-state index contributed by atoms with van der Waals surface area (Å²) in [6, 6.07) is 20.5. The number of carbonyl (C=O) groups excluding carboxylic acids is 1. The number of benzene rings is 3. The standard InChI is InChI=1S/C26H28FN3O4S/c1-34-24-12-11-21(19-25(24)35(32,33)28-14-13-20-7-3-2-4-8-20)26(31)30-17-15-29(16-18-30)23-10-6-5-9-22(23)27/h2-12,19,28H,13-18H2,1H3. The van der Waals surface area contributed by atoms with Gasteiger partial charge in [-0.15, -0.1) is 0 Å². The molecule has 35 heavy (non-hydrogen) atoms. The fourth-order valence-corrected chi connectivity index (χ4v) is 5.34. The molecule has 1 saturated heterocycles. The van der Waals surface area contributed by atoms with Crippen molar-refractivity contribution < 1.29 is 22.3 Å². The molecule has 0 aliphatic carbocycles.